The van der Waals surface area contributed by atoms with Crippen molar-refractivity contribution >= 4 is 12.8 Å². The van der Waals surface area contributed by atoms with E-state index in [0.717, 1.165) is 19.3 Å². The molecule has 0 aliphatic carbocycles. The summed E-state index contributed by atoms with van der Waals surface area (Å²) in [6, 6.07) is 3.27. The van der Waals surface area contributed by atoms with Crippen molar-refractivity contribution in [2.24, 2.45) is 0 Å². The van der Waals surface area contributed by atoms with Crippen molar-refractivity contribution < 1.29 is 18.7 Å². The molecule has 0 bridgehead atoms. The molecule has 1 atom stereocenters. The Balaban J connectivity index is 0.000000288. The number of carbonyl (C=O) groups excluding carboxylic acids is 2. The van der Waals surface area contributed by atoms with E-state index in [2.05, 4.69) is 16.1 Å². The van der Waals surface area contributed by atoms with Gasteiger partial charge >= 0.3 is 0 Å². The minimum Gasteiger partial charge on any atom is -0.465 e. The highest BCUT2D eigenvalue weighted by Crippen LogP contribution is 2.01. The summed E-state index contributed by atoms with van der Waals surface area (Å²) < 4.78 is 9.28. The monoisotopic (exact) mass is 226 g/mol. The Hall–Kier alpha value is -1.58. The van der Waals surface area contributed by atoms with Crippen LogP contribution in [0, 0.1) is 0 Å². The van der Waals surface area contributed by atoms with Gasteiger partial charge in [0.2, 0.25) is 0 Å². The van der Waals surface area contributed by atoms with Crippen LogP contribution in [0.25, 0.3) is 0 Å². The average Bonchev–Trinajstić information content (AvgIpc) is 2.80. The number of aldehydes is 1. The molecule has 1 aromatic heterocycles. The molecule has 4 nitrogen and oxygen atoms in total. The van der Waals surface area contributed by atoms with E-state index in [4.69, 9.17) is 0 Å². The summed E-state index contributed by atoms with van der Waals surface area (Å²) in [5, 5.41) is 0. The smallest absolute Gasteiger partial charge is 0.293 e. The van der Waals surface area contributed by atoms with Crippen LogP contribution in [0.1, 0.15) is 43.7 Å². The summed E-state index contributed by atoms with van der Waals surface area (Å²) in [5.41, 5.74) is 0. The quantitative estimate of drug-likeness (QED) is 0.700. The second kappa shape index (κ2) is 9.96. The van der Waals surface area contributed by atoms with Gasteiger partial charge in [-0.15, -0.1) is 0 Å². The third-order valence-corrected chi connectivity index (χ3v) is 1.91. The maximum atomic E-state index is 9.77. The fourth-order valence-electron chi connectivity index (χ4n) is 1.01. The molecule has 1 rings (SSSR count). The van der Waals surface area contributed by atoms with Gasteiger partial charge in [-0.1, -0.05) is 19.8 Å². The van der Waals surface area contributed by atoms with Crippen molar-refractivity contribution in [1.82, 2.24) is 0 Å². The van der Waals surface area contributed by atoms with E-state index in [1.54, 1.807) is 12.1 Å². The van der Waals surface area contributed by atoms with E-state index < -0.39 is 0 Å². The molecule has 0 amide bonds. The maximum absolute atomic E-state index is 9.77. The van der Waals surface area contributed by atoms with E-state index in [1.807, 2.05) is 6.92 Å². The zero-order chi connectivity index (χ0) is 12.2. The Bertz CT molecular complexity index is 267. The topological polar surface area (TPSA) is 56.5 Å². The molecule has 90 valence electrons. The SMILES string of the molecule is CCCCC(C)OC=O.O=Cc1ccco1. The minimum atomic E-state index is 0.0995. The summed E-state index contributed by atoms with van der Waals surface area (Å²) >= 11 is 0. The summed E-state index contributed by atoms with van der Waals surface area (Å²) in [7, 11) is 0. The van der Waals surface area contributed by atoms with E-state index in [1.165, 1.54) is 6.26 Å². The molecular weight excluding hydrogens is 208 g/mol. The predicted octanol–water partition coefficient (Wildman–Crippen LogP) is 2.83. The Kier molecular flexibility index (Phi) is 8.97. The Morgan fingerprint density at radius 2 is 2.25 bits per heavy atom. The Morgan fingerprint density at radius 3 is 2.62 bits per heavy atom. The molecule has 1 heterocycles. The first-order chi connectivity index (χ1) is 7.74. The average molecular weight is 226 g/mol. The maximum Gasteiger partial charge on any atom is 0.293 e. The number of hydrogen-bond donors (Lipinski definition) is 0. The van der Waals surface area contributed by atoms with Crippen LogP contribution < -0.4 is 0 Å². The zero-order valence-corrected chi connectivity index (χ0v) is 9.72. The molecule has 1 unspecified atom stereocenters. The van der Waals surface area contributed by atoms with Gasteiger partial charge in [-0.2, -0.15) is 0 Å². The summed E-state index contributed by atoms with van der Waals surface area (Å²) in [6.45, 7) is 4.54. The fraction of sp³-hybridized carbons (Fsp3) is 0.500. The van der Waals surface area contributed by atoms with Crippen molar-refractivity contribution in [3.63, 3.8) is 0 Å². The highest BCUT2D eigenvalue weighted by Gasteiger charge is 1.97. The molecule has 0 N–H and O–H groups in total. The molecule has 0 aliphatic rings. The second-order valence-electron chi connectivity index (χ2n) is 3.32. The third kappa shape index (κ3) is 7.79. The van der Waals surface area contributed by atoms with E-state index in [-0.39, 0.29) is 6.10 Å². The van der Waals surface area contributed by atoms with E-state index >= 15 is 0 Å². The van der Waals surface area contributed by atoms with Gasteiger partial charge in [0.25, 0.3) is 6.47 Å². The number of ether oxygens (including phenoxy) is 1. The molecule has 0 fully saturated rings. The minimum absolute atomic E-state index is 0.0995. The lowest BCUT2D eigenvalue weighted by atomic mass is 10.2. The molecular formula is C12H18O4. The number of hydrogen-bond acceptors (Lipinski definition) is 4. The normalized spacial score (nSPS) is 10.9. The van der Waals surface area contributed by atoms with Crippen LogP contribution in [0.3, 0.4) is 0 Å². The molecule has 0 aromatic carbocycles. The molecule has 0 spiro atoms. The van der Waals surface area contributed by atoms with Crippen LogP contribution >= 0.6 is 0 Å². The van der Waals surface area contributed by atoms with Crippen LogP contribution in [0.4, 0.5) is 0 Å². The van der Waals surface area contributed by atoms with Crippen LogP contribution in [-0.4, -0.2) is 18.9 Å². The molecule has 1 aromatic rings. The van der Waals surface area contributed by atoms with Gasteiger partial charge in [-0.25, -0.2) is 0 Å². The van der Waals surface area contributed by atoms with Crippen LogP contribution in [-0.2, 0) is 9.53 Å². The third-order valence-electron chi connectivity index (χ3n) is 1.91. The summed E-state index contributed by atoms with van der Waals surface area (Å²) in [5.74, 6) is 0.375. The first-order valence-corrected chi connectivity index (χ1v) is 5.32. The van der Waals surface area contributed by atoms with Crippen molar-refractivity contribution in [3.8, 4) is 0 Å². The standard InChI is InChI=1S/C7H14O2.C5H4O2/c1-3-4-5-7(2)9-6-8;6-4-5-2-1-3-7-5/h6-7H,3-5H2,1-2H3;1-4H. The number of rotatable bonds is 6. The highest BCUT2D eigenvalue weighted by atomic mass is 16.5. The predicted molar refractivity (Wildman–Crippen MR) is 60.2 cm³/mol. The Morgan fingerprint density at radius 1 is 1.50 bits per heavy atom. The number of furan rings is 1. The highest BCUT2D eigenvalue weighted by molar-refractivity contribution is 5.69. The summed E-state index contributed by atoms with van der Waals surface area (Å²) in [6.07, 6.45) is 5.50. The van der Waals surface area contributed by atoms with Crippen LogP contribution in [0.2, 0.25) is 0 Å². The molecule has 0 saturated carbocycles. The van der Waals surface area contributed by atoms with Crippen molar-refractivity contribution in [2.45, 2.75) is 39.2 Å². The second-order valence-corrected chi connectivity index (χ2v) is 3.32. The summed E-state index contributed by atoms with van der Waals surface area (Å²) in [4.78, 5) is 19.5. The molecule has 16 heavy (non-hydrogen) atoms. The first kappa shape index (κ1) is 14.4. The number of unbranched alkanes of at least 4 members (excludes halogenated alkanes) is 1. The van der Waals surface area contributed by atoms with E-state index in [0.29, 0.717) is 18.5 Å². The van der Waals surface area contributed by atoms with Crippen molar-refractivity contribution in [3.05, 3.63) is 24.2 Å². The van der Waals surface area contributed by atoms with Gasteiger partial charge < -0.3 is 9.15 Å². The van der Waals surface area contributed by atoms with Gasteiger partial charge in [0.15, 0.2) is 12.0 Å². The molecule has 0 aliphatic heterocycles. The van der Waals surface area contributed by atoms with Gasteiger partial charge in [0.05, 0.1) is 12.4 Å². The van der Waals surface area contributed by atoms with Crippen LogP contribution in [0.5, 0.6) is 0 Å². The Labute approximate surface area is 95.6 Å². The van der Waals surface area contributed by atoms with Gasteiger partial charge in [0.1, 0.15) is 0 Å². The zero-order valence-electron chi connectivity index (χ0n) is 9.72. The van der Waals surface area contributed by atoms with Gasteiger partial charge in [0, 0.05) is 0 Å². The van der Waals surface area contributed by atoms with Gasteiger partial charge in [-0.3, -0.25) is 9.59 Å². The lowest BCUT2D eigenvalue weighted by Crippen LogP contribution is -2.05. The van der Waals surface area contributed by atoms with Crippen molar-refractivity contribution in [2.75, 3.05) is 0 Å². The fourth-order valence-corrected chi connectivity index (χ4v) is 1.01. The molecule has 4 heteroatoms. The van der Waals surface area contributed by atoms with E-state index in [9.17, 15) is 9.59 Å². The molecule has 0 radical (unpaired) electrons. The van der Waals surface area contributed by atoms with Crippen molar-refractivity contribution in [1.29, 1.82) is 0 Å². The molecule has 0 saturated heterocycles. The first-order valence-electron chi connectivity index (χ1n) is 5.32. The lowest BCUT2D eigenvalue weighted by molar-refractivity contribution is -0.133. The van der Waals surface area contributed by atoms with Gasteiger partial charge in [-0.05, 0) is 25.5 Å². The van der Waals surface area contributed by atoms with Crippen LogP contribution in [0.15, 0.2) is 22.8 Å². The largest absolute Gasteiger partial charge is 0.465 e. The lowest BCUT2D eigenvalue weighted by Gasteiger charge is -2.06. The number of carbonyl (C=O) groups is 2.